The van der Waals surface area contributed by atoms with E-state index < -0.39 is 25.5 Å². The minimum absolute atomic E-state index is 0.0808. The first-order chi connectivity index (χ1) is 30.0. The van der Waals surface area contributed by atoms with Crippen molar-refractivity contribution in [3.63, 3.8) is 0 Å². The molecule has 4 aromatic carbocycles. The highest BCUT2D eigenvalue weighted by Crippen LogP contribution is 2.42. The number of aryl methyl sites for hydroxylation is 1. The number of aliphatic carboxylic acids is 1. The number of rotatable bonds is 11. The van der Waals surface area contributed by atoms with Crippen LogP contribution in [0.15, 0.2) is 128 Å². The third kappa shape index (κ3) is 12.6. The average Bonchev–Trinajstić information content (AvgIpc) is 4.16. The molecule has 0 saturated carbocycles. The van der Waals surface area contributed by atoms with E-state index in [0.717, 1.165) is 81.6 Å². The first kappa shape index (κ1) is 47.0. The summed E-state index contributed by atoms with van der Waals surface area (Å²) in [5.41, 5.74) is 4.08. The van der Waals surface area contributed by atoms with Crippen LogP contribution in [0.25, 0.3) is 0 Å². The fourth-order valence-corrected chi connectivity index (χ4v) is 10.5. The number of nitrogens with zero attached hydrogens (tertiary/aromatic N) is 3. The Morgan fingerprint density at radius 2 is 1.11 bits per heavy atom. The number of aromatic nitrogens is 3. The zero-order chi connectivity index (χ0) is 43.8. The van der Waals surface area contributed by atoms with Crippen LogP contribution in [0.4, 0.5) is 0 Å². The summed E-state index contributed by atoms with van der Waals surface area (Å²) < 4.78 is 8.87. The van der Waals surface area contributed by atoms with Gasteiger partial charge in [0, 0.05) is 24.3 Å². The van der Waals surface area contributed by atoms with Gasteiger partial charge in [0.25, 0.3) is 0 Å². The molecule has 5 aromatic rings. The van der Waals surface area contributed by atoms with E-state index in [2.05, 4.69) is 112 Å². The van der Waals surface area contributed by atoms with Crippen LogP contribution < -0.4 is 21.3 Å². The molecule has 4 saturated heterocycles. The zero-order valence-electron chi connectivity index (χ0n) is 37.2. The third-order valence-corrected chi connectivity index (χ3v) is 12.9. The molecule has 4 aliphatic heterocycles. The molecule has 0 spiro atoms. The maximum atomic E-state index is 11.4. The van der Waals surface area contributed by atoms with Gasteiger partial charge in [0.15, 0.2) is 8.32 Å². The summed E-state index contributed by atoms with van der Waals surface area (Å²) in [6, 6.07) is 42.2. The molecule has 0 radical (unpaired) electrons. The van der Waals surface area contributed by atoms with Crippen molar-refractivity contribution in [3.05, 3.63) is 155 Å². The van der Waals surface area contributed by atoms with E-state index in [-0.39, 0.29) is 12.1 Å². The molecule has 332 valence electrons. The highest BCUT2D eigenvalue weighted by molar-refractivity contribution is 6.69. The van der Waals surface area contributed by atoms with Crippen LogP contribution in [0.2, 0.25) is 19.6 Å². The fourth-order valence-electron chi connectivity index (χ4n) is 9.16. The molecule has 4 fully saturated rings. The van der Waals surface area contributed by atoms with Crippen LogP contribution in [-0.2, 0) is 27.0 Å². The van der Waals surface area contributed by atoms with Crippen LogP contribution in [0.3, 0.4) is 0 Å². The summed E-state index contributed by atoms with van der Waals surface area (Å²) in [5.74, 6) is -0.720. The zero-order valence-corrected chi connectivity index (χ0v) is 38.2. The second kappa shape index (κ2) is 22.7. The summed E-state index contributed by atoms with van der Waals surface area (Å²) in [5, 5.41) is 41.1. The van der Waals surface area contributed by atoms with Gasteiger partial charge < -0.3 is 35.9 Å². The number of carbonyl (C=O) groups is 1. The van der Waals surface area contributed by atoms with Gasteiger partial charge in [0.2, 0.25) is 0 Å². The minimum Gasteiger partial charge on any atom is -0.480 e. The lowest BCUT2D eigenvalue weighted by Crippen LogP contribution is -2.53. The molecule has 5 heterocycles. The van der Waals surface area contributed by atoms with E-state index in [1.807, 2.05) is 78.5 Å². The highest BCUT2D eigenvalue weighted by Gasteiger charge is 2.47. The molecule has 0 bridgehead atoms. The van der Waals surface area contributed by atoms with Gasteiger partial charge in [-0.15, -0.1) is 5.10 Å². The Bertz CT molecular complexity index is 1950. The van der Waals surface area contributed by atoms with Crippen molar-refractivity contribution in [1.29, 1.82) is 0 Å². The lowest BCUT2D eigenvalue weighted by Gasteiger charge is -2.44. The van der Waals surface area contributed by atoms with E-state index in [9.17, 15) is 9.90 Å². The lowest BCUT2D eigenvalue weighted by molar-refractivity contribution is -0.139. The Morgan fingerprint density at radius 3 is 1.48 bits per heavy atom. The molecule has 6 N–H and O–H groups in total. The van der Waals surface area contributed by atoms with Crippen molar-refractivity contribution >= 4 is 14.3 Å². The number of nitrogens with one attached hydrogen (secondary N) is 4. The number of hydrogen-bond donors (Lipinski definition) is 6. The van der Waals surface area contributed by atoms with Crippen molar-refractivity contribution in [2.45, 2.75) is 120 Å². The number of carboxylic acids is 1. The first-order valence-corrected chi connectivity index (χ1v) is 26.1. The second-order valence-electron chi connectivity index (χ2n) is 17.8. The van der Waals surface area contributed by atoms with Crippen LogP contribution in [0.5, 0.6) is 0 Å². The molecule has 11 nitrogen and oxygen atoms in total. The summed E-state index contributed by atoms with van der Waals surface area (Å²) in [7, 11) is -1.77. The molecule has 4 atom stereocenters. The van der Waals surface area contributed by atoms with E-state index >= 15 is 0 Å². The van der Waals surface area contributed by atoms with Crippen molar-refractivity contribution in [1.82, 2.24) is 36.3 Å². The first-order valence-electron chi connectivity index (χ1n) is 22.7. The Hall–Kier alpha value is -4.53. The molecular formula is C50H69N7O4Si. The van der Waals surface area contributed by atoms with Gasteiger partial charge >= 0.3 is 5.97 Å². The lowest BCUT2D eigenvalue weighted by atomic mass is 9.79. The standard InChI is InChI=1S/C20H27NOSi.C17H19NO.C8H14N4.C5H9NO2/c1-23(2,3)22-20(19-15-10-16-21-19,17-11-6-4-7-12-17)18-13-8-5-9-14-18;19-17(16-12-7-13-18-16,14-8-3-1-4-9-14)15-10-5-2-6-11-15;1-7-5-12(11-10-7)6-8-3-2-4-9-8;7-5(8)4-2-1-3-6-4/h4-9,11-14,19,21H,10,15-16H2,1-3H3;1-6,8-11,16,18-19H,7,12-13H2;5,8-9H,2-4,6H2,1H3;4,6H,1-3H2,(H,7,8)/t19-;16-;8-;4-/m0000/s1. The fraction of sp³-hybridized carbons (Fsp3) is 0.460. The van der Waals surface area contributed by atoms with Crippen LogP contribution in [0, 0.1) is 6.92 Å². The molecule has 12 heteroatoms. The maximum absolute atomic E-state index is 11.4. The summed E-state index contributed by atoms with van der Waals surface area (Å²) in [6.07, 6.45) is 10.8. The number of hydrogen-bond acceptors (Lipinski definition) is 9. The predicted octanol–water partition coefficient (Wildman–Crippen LogP) is 7.37. The monoisotopic (exact) mass is 860 g/mol. The number of carboxylic acid groups (broad SMARTS) is 1. The third-order valence-electron chi connectivity index (χ3n) is 12.0. The Balaban J connectivity index is 0.000000147. The van der Waals surface area contributed by atoms with Crippen molar-refractivity contribution in [2.24, 2.45) is 0 Å². The van der Waals surface area contributed by atoms with E-state index in [1.165, 1.54) is 30.4 Å². The molecule has 0 unspecified atom stereocenters. The topological polar surface area (TPSA) is 146 Å². The molecule has 4 aliphatic rings. The van der Waals surface area contributed by atoms with Gasteiger partial charge in [-0.05, 0) is 126 Å². The van der Waals surface area contributed by atoms with Gasteiger partial charge in [-0.25, -0.2) is 0 Å². The molecule has 1 aromatic heterocycles. The molecular weight excluding hydrogens is 791 g/mol. The van der Waals surface area contributed by atoms with Gasteiger partial charge in [0.05, 0.1) is 12.2 Å². The second-order valence-corrected chi connectivity index (χ2v) is 22.3. The average molecular weight is 860 g/mol. The van der Waals surface area contributed by atoms with Gasteiger partial charge in [-0.2, -0.15) is 0 Å². The van der Waals surface area contributed by atoms with Gasteiger partial charge in [-0.1, -0.05) is 127 Å². The van der Waals surface area contributed by atoms with Gasteiger partial charge in [-0.3, -0.25) is 9.48 Å². The largest absolute Gasteiger partial charge is 0.480 e. The predicted molar refractivity (Wildman–Crippen MR) is 250 cm³/mol. The van der Waals surface area contributed by atoms with E-state index in [1.54, 1.807) is 0 Å². The van der Waals surface area contributed by atoms with Crippen molar-refractivity contribution < 1.29 is 19.4 Å². The Labute approximate surface area is 370 Å². The molecule has 0 aliphatic carbocycles. The Morgan fingerprint density at radius 1 is 0.661 bits per heavy atom. The normalized spacial score (nSPS) is 21.2. The number of aliphatic hydroxyl groups is 1. The minimum atomic E-state index is -1.77. The smallest absolute Gasteiger partial charge is 0.320 e. The van der Waals surface area contributed by atoms with E-state index in [4.69, 9.17) is 9.53 Å². The maximum Gasteiger partial charge on any atom is 0.320 e. The molecule has 0 amide bonds. The van der Waals surface area contributed by atoms with Crippen LogP contribution >= 0.6 is 0 Å². The SMILES string of the molecule is C[Si](C)(C)OC(c1ccccc1)(c1ccccc1)[C@@H]1CCCN1.Cc1cn(C[C@@H]2CCCN2)nn1.O=C(O)[C@@H]1CCCN1.OC(c1ccccc1)(c1ccccc1)[C@@H]1CCCN1. The molecule has 9 rings (SSSR count). The Kier molecular flexibility index (Phi) is 17.2. The molecule has 62 heavy (non-hydrogen) atoms. The van der Waals surface area contributed by atoms with Crippen molar-refractivity contribution in [2.75, 3.05) is 26.2 Å². The quantitative estimate of drug-likeness (QED) is 0.0746. The highest BCUT2D eigenvalue weighted by atomic mass is 28.4. The van der Waals surface area contributed by atoms with Crippen LogP contribution in [-0.4, -0.2) is 89.8 Å². The summed E-state index contributed by atoms with van der Waals surface area (Å²) in [6.45, 7) is 13.8. The number of benzene rings is 4. The van der Waals surface area contributed by atoms with Crippen LogP contribution in [0.1, 0.15) is 79.3 Å². The van der Waals surface area contributed by atoms with E-state index in [0.29, 0.717) is 12.1 Å². The summed E-state index contributed by atoms with van der Waals surface area (Å²) >= 11 is 0. The van der Waals surface area contributed by atoms with Crippen molar-refractivity contribution in [3.8, 4) is 0 Å². The van der Waals surface area contributed by atoms with Gasteiger partial charge in [0.1, 0.15) is 17.2 Å². The summed E-state index contributed by atoms with van der Waals surface area (Å²) in [4.78, 5) is 10.1.